The normalized spacial score (nSPS) is 9.94. The number of nitro benzene ring substituents is 1. The second-order valence-corrected chi connectivity index (χ2v) is 3.48. The second kappa shape index (κ2) is 4.94. The summed E-state index contributed by atoms with van der Waals surface area (Å²) in [7, 11) is 0. The highest BCUT2D eigenvalue weighted by Gasteiger charge is 2.22. The summed E-state index contributed by atoms with van der Waals surface area (Å²) in [4.78, 5) is 21.5. The van der Waals surface area contributed by atoms with Crippen molar-refractivity contribution in [3.05, 3.63) is 32.8 Å². The summed E-state index contributed by atoms with van der Waals surface area (Å²) in [6, 6.07) is 2.53. The minimum Gasteiger partial charge on any atom is -0.487 e. The molecule has 0 spiro atoms. The lowest BCUT2D eigenvalue weighted by Crippen LogP contribution is -2.04. The zero-order valence-electron chi connectivity index (χ0n) is 8.82. The molecule has 0 heterocycles. The SMILES string of the molecule is CCOc1c(C(C)=O)cc(Cl)cc1[N+](=O)[O-]. The lowest BCUT2D eigenvalue weighted by atomic mass is 10.1. The predicted octanol–water partition coefficient (Wildman–Crippen LogP) is 2.85. The van der Waals surface area contributed by atoms with Crippen molar-refractivity contribution >= 4 is 23.1 Å². The van der Waals surface area contributed by atoms with Crippen molar-refractivity contribution in [1.29, 1.82) is 0 Å². The number of carbonyl (C=O) groups excluding carboxylic acids is 1. The highest BCUT2D eigenvalue weighted by molar-refractivity contribution is 6.31. The fraction of sp³-hybridized carbons (Fsp3) is 0.300. The standard InChI is InChI=1S/C10H10ClNO4/c1-3-16-10-8(6(2)13)4-7(11)5-9(10)12(14)15/h4-5H,3H2,1-2H3. The lowest BCUT2D eigenvalue weighted by molar-refractivity contribution is -0.385. The van der Waals surface area contributed by atoms with Crippen molar-refractivity contribution < 1.29 is 14.5 Å². The molecule has 1 aromatic rings. The quantitative estimate of drug-likeness (QED) is 0.463. The summed E-state index contributed by atoms with van der Waals surface area (Å²) in [5, 5.41) is 10.9. The van der Waals surface area contributed by atoms with Gasteiger partial charge >= 0.3 is 5.69 Å². The van der Waals surface area contributed by atoms with E-state index >= 15 is 0 Å². The minimum absolute atomic E-state index is 0.0237. The lowest BCUT2D eigenvalue weighted by Gasteiger charge is -2.08. The molecule has 0 aliphatic heterocycles. The Morgan fingerprint density at radius 2 is 2.19 bits per heavy atom. The summed E-state index contributed by atoms with van der Waals surface area (Å²) >= 11 is 5.70. The van der Waals surface area contributed by atoms with E-state index in [2.05, 4.69) is 0 Å². The minimum atomic E-state index is -0.622. The van der Waals surface area contributed by atoms with Gasteiger partial charge < -0.3 is 4.74 Å². The molecule has 1 aromatic carbocycles. The number of nitrogens with zero attached hydrogens (tertiary/aromatic N) is 1. The van der Waals surface area contributed by atoms with Gasteiger partial charge in [-0.3, -0.25) is 14.9 Å². The van der Waals surface area contributed by atoms with E-state index in [9.17, 15) is 14.9 Å². The van der Waals surface area contributed by atoms with Crippen LogP contribution in [-0.4, -0.2) is 17.3 Å². The number of Topliss-reactive ketones (excluding diaryl/α,β-unsaturated/α-hetero) is 1. The molecule has 0 aromatic heterocycles. The molecule has 0 saturated carbocycles. The Morgan fingerprint density at radius 3 is 2.62 bits per heavy atom. The molecule has 0 amide bonds. The van der Waals surface area contributed by atoms with Gasteiger partial charge in [-0.2, -0.15) is 0 Å². The third kappa shape index (κ3) is 2.49. The summed E-state index contributed by atoms with van der Waals surface area (Å²) in [5.41, 5.74) is -0.166. The van der Waals surface area contributed by atoms with Gasteiger partial charge in [0.25, 0.3) is 0 Å². The van der Waals surface area contributed by atoms with Gasteiger partial charge in [0.05, 0.1) is 17.1 Å². The maximum atomic E-state index is 11.3. The molecule has 0 unspecified atom stereocenters. The molecule has 1 rings (SSSR count). The molecule has 86 valence electrons. The molecule has 0 aliphatic carbocycles. The maximum Gasteiger partial charge on any atom is 0.313 e. The molecule has 0 fully saturated rings. The van der Waals surface area contributed by atoms with Crippen molar-refractivity contribution in [1.82, 2.24) is 0 Å². The first kappa shape index (κ1) is 12.4. The number of rotatable bonds is 4. The van der Waals surface area contributed by atoms with E-state index in [0.717, 1.165) is 0 Å². The van der Waals surface area contributed by atoms with E-state index in [1.54, 1.807) is 6.92 Å². The van der Waals surface area contributed by atoms with E-state index in [-0.39, 0.29) is 34.4 Å². The zero-order chi connectivity index (χ0) is 12.3. The van der Waals surface area contributed by atoms with Crippen molar-refractivity contribution in [3.63, 3.8) is 0 Å². The fourth-order valence-electron chi connectivity index (χ4n) is 1.27. The van der Waals surface area contributed by atoms with Crippen LogP contribution in [0.3, 0.4) is 0 Å². The molecule has 6 heteroatoms. The monoisotopic (exact) mass is 243 g/mol. The first-order valence-corrected chi connectivity index (χ1v) is 4.96. The first-order valence-electron chi connectivity index (χ1n) is 4.59. The summed E-state index contributed by atoms with van der Waals surface area (Å²) in [6.45, 7) is 3.23. The summed E-state index contributed by atoms with van der Waals surface area (Å²) in [5.74, 6) is -0.349. The molecule has 0 bridgehead atoms. The number of ketones is 1. The summed E-state index contributed by atoms with van der Waals surface area (Å²) < 4.78 is 5.12. The smallest absolute Gasteiger partial charge is 0.313 e. The van der Waals surface area contributed by atoms with Gasteiger partial charge in [0.1, 0.15) is 0 Å². The zero-order valence-corrected chi connectivity index (χ0v) is 9.58. The highest BCUT2D eigenvalue weighted by Crippen LogP contribution is 2.34. The van der Waals surface area contributed by atoms with Crippen LogP contribution in [0.2, 0.25) is 5.02 Å². The van der Waals surface area contributed by atoms with Gasteiger partial charge in [-0.1, -0.05) is 11.6 Å². The predicted molar refractivity (Wildman–Crippen MR) is 59.3 cm³/mol. The molecular weight excluding hydrogens is 234 g/mol. The van der Waals surface area contributed by atoms with E-state index in [1.807, 2.05) is 0 Å². The Kier molecular flexibility index (Phi) is 3.84. The highest BCUT2D eigenvalue weighted by atomic mass is 35.5. The van der Waals surface area contributed by atoms with Gasteiger partial charge in [-0.05, 0) is 19.9 Å². The average Bonchev–Trinajstić information content (AvgIpc) is 2.19. The van der Waals surface area contributed by atoms with Gasteiger partial charge in [-0.25, -0.2) is 0 Å². The number of hydrogen-bond acceptors (Lipinski definition) is 4. The van der Waals surface area contributed by atoms with E-state index in [1.165, 1.54) is 19.1 Å². The molecule has 0 aliphatic rings. The van der Waals surface area contributed by atoms with Crippen LogP contribution in [0.15, 0.2) is 12.1 Å². The molecule has 16 heavy (non-hydrogen) atoms. The van der Waals surface area contributed by atoms with E-state index in [4.69, 9.17) is 16.3 Å². The number of halogens is 1. The van der Waals surface area contributed by atoms with E-state index in [0.29, 0.717) is 0 Å². The van der Waals surface area contributed by atoms with Gasteiger partial charge in [0.2, 0.25) is 5.75 Å². The Bertz CT molecular complexity index is 409. The molecule has 5 nitrogen and oxygen atoms in total. The van der Waals surface area contributed by atoms with Crippen LogP contribution >= 0.6 is 11.6 Å². The third-order valence-electron chi connectivity index (χ3n) is 1.90. The molecule has 0 atom stereocenters. The molecule has 0 N–H and O–H groups in total. The second-order valence-electron chi connectivity index (χ2n) is 3.05. The Balaban J connectivity index is 3.47. The van der Waals surface area contributed by atoms with Gasteiger partial charge in [0, 0.05) is 11.1 Å². The summed E-state index contributed by atoms with van der Waals surface area (Å²) in [6.07, 6.45) is 0. The third-order valence-corrected chi connectivity index (χ3v) is 2.12. The van der Waals surface area contributed by atoms with Crippen LogP contribution in [-0.2, 0) is 0 Å². The van der Waals surface area contributed by atoms with Crippen LogP contribution in [0.5, 0.6) is 5.75 Å². The number of benzene rings is 1. The Morgan fingerprint density at radius 1 is 1.56 bits per heavy atom. The van der Waals surface area contributed by atoms with Crippen LogP contribution in [0.25, 0.3) is 0 Å². The van der Waals surface area contributed by atoms with Crippen molar-refractivity contribution in [2.24, 2.45) is 0 Å². The van der Waals surface area contributed by atoms with Gasteiger partial charge in [-0.15, -0.1) is 0 Å². The maximum absolute atomic E-state index is 11.3. The topological polar surface area (TPSA) is 69.4 Å². The van der Waals surface area contributed by atoms with Crippen molar-refractivity contribution in [2.75, 3.05) is 6.61 Å². The number of carbonyl (C=O) groups is 1. The number of hydrogen-bond donors (Lipinski definition) is 0. The largest absolute Gasteiger partial charge is 0.487 e. The molecule has 0 radical (unpaired) electrons. The molecular formula is C10H10ClNO4. The van der Waals surface area contributed by atoms with Crippen LogP contribution in [0, 0.1) is 10.1 Å². The van der Waals surface area contributed by atoms with E-state index < -0.39 is 4.92 Å². The Labute approximate surface area is 97.1 Å². The number of nitro groups is 1. The Hall–Kier alpha value is -1.62. The van der Waals surface area contributed by atoms with Gasteiger partial charge in [0.15, 0.2) is 5.78 Å². The molecule has 0 saturated heterocycles. The number of ether oxygens (including phenoxy) is 1. The van der Waals surface area contributed by atoms with Crippen molar-refractivity contribution in [2.45, 2.75) is 13.8 Å². The fourth-order valence-corrected chi connectivity index (χ4v) is 1.48. The first-order chi connectivity index (χ1) is 7.47. The van der Waals surface area contributed by atoms with Crippen molar-refractivity contribution in [3.8, 4) is 5.75 Å². The average molecular weight is 244 g/mol. The van der Waals surface area contributed by atoms with Crippen LogP contribution in [0.4, 0.5) is 5.69 Å². The van der Waals surface area contributed by atoms with Crippen LogP contribution < -0.4 is 4.74 Å². The van der Waals surface area contributed by atoms with Crippen LogP contribution in [0.1, 0.15) is 24.2 Å².